The minimum atomic E-state index is -0.361. The second-order valence-corrected chi connectivity index (χ2v) is 7.59. The van der Waals surface area contributed by atoms with Gasteiger partial charge in [0.05, 0.1) is 21.3 Å². The Morgan fingerprint density at radius 1 is 1.03 bits per heavy atom. The molecule has 3 aromatic rings. The number of pyridine rings is 1. The van der Waals surface area contributed by atoms with Crippen molar-refractivity contribution in [1.82, 2.24) is 19.7 Å². The number of nitrogens with one attached hydrogen (secondary N) is 1. The highest BCUT2D eigenvalue weighted by Gasteiger charge is 2.37. The van der Waals surface area contributed by atoms with Crippen LogP contribution < -0.4 is 19.5 Å². The molecule has 1 aromatic carbocycles. The third kappa shape index (κ3) is 3.17. The number of Topliss-reactive ketones (excluding diaryl/α,β-unsaturated/α-hetero) is 1. The van der Waals surface area contributed by atoms with Gasteiger partial charge in [0, 0.05) is 35.6 Å². The molecule has 0 amide bonds. The molecular weight excluding hydrogens is 410 g/mol. The van der Waals surface area contributed by atoms with Gasteiger partial charge < -0.3 is 19.5 Å². The normalized spacial score (nSPS) is 17.3. The van der Waals surface area contributed by atoms with Crippen molar-refractivity contribution in [3.63, 3.8) is 0 Å². The summed E-state index contributed by atoms with van der Waals surface area (Å²) in [5.41, 5.74) is 3.31. The molecule has 5 rings (SSSR count). The molecule has 0 bridgehead atoms. The van der Waals surface area contributed by atoms with E-state index in [1.54, 1.807) is 38.4 Å². The Hall–Kier alpha value is -3.88. The van der Waals surface area contributed by atoms with E-state index in [1.165, 1.54) is 0 Å². The van der Waals surface area contributed by atoms with Crippen LogP contribution in [0.4, 0.5) is 5.95 Å². The molecular formula is C23H23N5O4. The van der Waals surface area contributed by atoms with E-state index < -0.39 is 0 Å². The van der Waals surface area contributed by atoms with Crippen LogP contribution in [0.15, 0.2) is 47.9 Å². The van der Waals surface area contributed by atoms with Crippen molar-refractivity contribution in [3.05, 3.63) is 53.5 Å². The van der Waals surface area contributed by atoms with E-state index in [1.807, 2.05) is 24.3 Å². The zero-order valence-electron chi connectivity index (χ0n) is 18.1. The van der Waals surface area contributed by atoms with Crippen LogP contribution in [0, 0.1) is 0 Å². The second-order valence-electron chi connectivity index (χ2n) is 7.59. The van der Waals surface area contributed by atoms with Gasteiger partial charge in [0.15, 0.2) is 23.1 Å². The maximum Gasteiger partial charge on any atom is 0.226 e. The lowest BCUT2D eigenvalue weighted by Crippen LogP contribution is -2.31. The number of nitrogens with zero attached hydrogens (tertiary/aromatic N) is 4. The van der Waals surface area contributed by atoms with Crippen molar-refractivity contribution in [2.45, 2.75) is 25.3 Å². The highest BCUT2D eigenvalue weighted by Crippen LogP contribution is 2.43. The maximum atomic E-state index is 12.9. The lowest BCUT2D eigenvalue weighted by Gasteiger charge is -2.32. The van der Waals surface area contributed by atoms with Crippen LogP contribution in [0.5, 0.6) is 17.2 Å². The number of hydrogen-bond acceptors (Lipinski definition) is 8. The standard InChI is InChI=1S/C23H23N5O4/c1-30-17-11-14(12-18(31-2)21(17)32-3)22-26-23-25-15-5-4-6-16(29)19(15)20(28(23)27-22)13-7-9-24-10-8-13/h7-12,20H,4-6H2,1-3H3,(H,25,26,27)/t20-/m1/s1. The summed E-state index contributed by atoms with van der Waals surface area (Å²) in [4.78, 5) is 21.8. The Balaban J connectivity index is 1.66. The topological polar surface area (TPSA) is 100 Å². The Morgan fingerprint density at radius 3 is 2.41 bits per heavy atom. The Kier molecular flexibility index (Phi) is 5.01. The van der Waals surface area contributed by atoms with Gasteiger partial charge in [-0.2, -0.15) is 4.98 Å². The van der Waals surface area contributed by atoms with Crippen molar-refractivity contribution < 1.29 is 19.0 Å². The molecule has 1 N–H and O–H groups in total. The van der Waals surface area contributed by atoms with E-state index in [2.05, 4.69) is 10.3 Å². The van der Waals surface area contributed by atoms with Gasteiger partial charge in [-0.05, 0) is 42.7 Å². The third-order valence-corrected chi connectivity index (χ3v) is 5.81. The fourth-order valence-corrected chi connectivity index (χ4v) is 4.34. The highest BCUT2D eigenvalue weighted by atomic mass is 16.5. The number of benzene rings is 1. The summed E-state index contributed by atoms with van der Waals surface area (Å²) in [5, 5.41) is 8.14. The molecule has 9 nitrogen and oxygen atoms in total. The van der Waals surface area contributed by atoms with Gasteiger partial charge >= 0.3 is 0 Å². The Labute approximate surface area is 185 Å². The monoisotopic (exact) mass is 433 g/mol. The number of rotatable bonds is 5. The van der Waals surface area contributed by atoms with Crippen molar-refractivity contribution >= 4 is 11.7 Å². The van der Waals surface area contributed by atoms with Gasteiger partial charge in [0.25, 0.3) is 0 Å². The van der Waals surface area contributed by atoms with Gasteiger partial charge in [-0.1, -0.05) is 0 Å². The molecule has 0 unspecified atom stereocenters. The number of carbonyl (C=O) groups is 1. The van der Waals surface area contributed by atoms with Crippen LogP contribution in [0.25, 0.3) is 11.4 Å². The third-order valence-electron chi connectivity index (χ3n) is 5.81. The van der Waals surface area contributed by atoms with E-state index in [9.17, 15) is 4.79 Å². The molecule has 1 aliphatic heterocycles. The number of carbonyl (C=O) groups excluding carboxylic acids is 1. The quantitative estimate of drug-likeness (QED) is 0.654. The molecule has 9 heteroatoms. The molecule has 2 aromatic heterocycles. The molecule has 164 valence electrons. The highest BCUT2D eigenvalue weighted by molar-refractivity contribution is 5.99. The van der Waals surface area contributed by atoms with Crippen LogP contribution in [-0.4, -0.2) is 46.9 Å². The molecule has 0 fully saturated rings. The Morgan fingerprint density at radius 2 is 1.75 bits per heavy atom. The smallest absolute Gasteiger partial charge is 0.226 e. The lowest BCUT2D eigenvalue weighted by atomic mass is 9.86. The molecule has 1 atom stereocenters. The minimum absolute atomic E-state index is 0.135. The van der Waals surface area contributed by atoms with Crippen LogP contribution in [0.2, 0.25) is 0 Å². The molecule has 0 spiro atoms. The summed E-state index contributed by atoms with van der Waals surface area (Å²) in [7, 11) is 4.69. The summed E-state index contributed by atoms with van der Waals surface area (Å²) in [6, 6.07) is 7.08. The average molecular weight is 433 g/mol. The van der Waals surface area contributed by atoms with Crippen LogP contribution in [0.1, 0.15) is 30.9 Å². The first-order valence-corrected chi connectivity index (χ1v) is 10.3. The molecule has 2 aliphatic rings. The summed E-state index contributed by atoms with van der Waals surface area (Å²) >= 11 is 0. The predicted molar refractivity (Wildman–Crippen MR) is 117 cm³/mol. The summed E-state index contributed by atoms with van der Waals surface area (Å²) in [6.45, 7) is 0. The predicted octanol–water partition coefficient (Wildman–Crippen LogP) is 3.39. The van der Waals surface area contributed by atoms with Gasteiger partial charge in [-0.25, -0.2) is 4.68 Å². The van der Waals surface area contributed by atoms with Gasteiger partial charge in [-0.3, -0.25) is 9.78 Å². The van der Waals surface area contributed by atoms with E-state index >= 15 is 0 Å². The van der Waals surface area contributed by atoms with Gasteiger partial charge in [0.1, 0.15) is 6.04 Å². The largest absolute Gasteiger partial charge is 0.493 e. The number of aromatic nitrogens is 4. The van der Waals surface area contributed by atoms with E-state index in [4.69, 9.17) is 24.3 Å². The number of ether oxygens (including phenoxy) is 3. The first-order chi connectivity index (χ1) is 15.6. The van der Waals surface area contributed by atoms with Crippen LogP contribution >= 0.6 is 0 Å². The number of methoxy groups -OCH3 is 3. The average Bonchev–Trinajstić information content (AvgIpc) is 3.26. The Bertz CT molecular complexity index is 1190. The molecule has 1 aliphatic carbocycles. The maximum absolute atomic E-state index is 12.9. The summed E-state index contributed by atoms with van der Waals surface area (Å²) < 4.78 is 18.2. The lowest BCUT2D eigenvalue weighted by molar-refractivity contribution is -0.116. The number of fused-ring (bicyclic) bond motifs is 1. The van der Waals surface area contributed by atoms with E-state index in [0.717, 1.165) is 29.7 Å². The molecule has 0 radical (unpaired) electrons. The summed E-state index contributed by atoms with van der Waals surface area (Å²) in [5.74, 6) is 2.73. The SMILES string of the molecule is COc1cc(-c2nc3n(n2)[C@H](c2ccncc2)C2=C(CCCC2=O)N3)cc(OC)c1OC. The van der Waals surface area contributed by atoms with Crippen molar-refractivity contribution in [2.75, 3.05) is 26.6 Å². The van der Waals surface area contributed by atoms with Gasteiger partial charge in [-0.15, -0.1) is 5.10 Å². The molecule has 3 heterocycles. The first-order valence-electron chi connectivity index (χ1n) is 10.3. The number of anilines is 1. The van der Waals surface area contributed by atoms with E-state index in [0.29, 0.717) is 41.0 Å². The van der Waals surface area contributed by atoms with Crippen molar-refractivity contribution in [1.29, 1.82) is 0 Å². The van der Waals surface area contributed by atoms with Crippen LogP contribution in [0.3, 0.4) is 0 Å². The second kappa shape index (κ2) is 7.99. The van der Waals surface area contributed by atoms with Crippen LogP contribution in [-0.2, 0) is 4.79 Å². The summed E-state index contributed by atoms with van der Waals surface area (Å²) in [6.07, 6.45) is 5.60. The fourth-order valence-electron chi connectivity index (χ4n) is 4.34. The van der Waals surface area contributed by atoms with Crippen molar-refractivity contribution in [3.8, 4) is 28.6 Å². The van der Waals surface area contributed by atoms with Gasteiger partial charge in [0.2, 0.25) is 11.7 Å². The number of hydrogen-bond donors (Lipinski definition) is 1. The zero-order chi connectivity index (χ0) is 22.2. The number of allylic oxidation sites excluding steroid dienone is 2. The van der Waals surface area contributed by atoms with E-state index in [-0.39, 0.29) is 11.8 Å². The molecule has 32 heavy (non-hydrogen) atoms. The fraction of sp³-hybridized carbons (Fsp3) is 0.304. The molecule has 0 saturated heterocycles. The minimum Gasteiger partial charge on any atom is -0.493 e. The van der Waals surface area contributed by atoms with Crippen molar-refractivity contribution in [2.24, 2.45) is 0 Å². The number of ketones is 1. The molecule has 0 saturated carbocycles. The zero-order valence-corrected chi connectivity index (χ0v) is 18.1. The first kappa shape index (κ1) is 20.0.